The van der Waals surface area contributed by atoms with Gasteiger partial charge in [-0.05, 0) is 32.3 Å². The lowest BCUT2D eigenvalue weighted by molar-refractivity contribution is 0.126. The third-order valence-electron chi connectivity index (χ3n) is 3.33. The predicted octanol–water partition coefficient (Wildman–Crippen LogP) is 2.20. The summed E-state index contributed by atoms with van der Waals surface area (Å²) >= 11 is 5.14. The number of hydrogen-bond acceptors (Lipinski definition) is 5. The van der Waals surface area contributed by atoms with Crippen LogP contribution in [0.4, 0.5) is 5.82 Å². The van der Waals surface area contributed by atoms with Crippen molar-refractivity contribution in [2.24, 2.45) is 11.7 Å². The third kappa shape index (κ3) is 4.11. The Kier molecular flexibility index (Phi) is 6.29. The number of nitrogens with one attached hydrogen (secondary N) is 1. The summed E-state index contributed by atoms with van der Waals surface area (Å²) < 4.78 is 5.51. The maximum atomic E-state index is 5.83. The highest BCUT2D eigenvalue weighted by atomic mass is 32.1. The third-order valence-corrected chi connectivity index (χ3v) is 3.53. The fraction of sp³-hybridized carbons (Fsp3) is 0.643. The number of rotatable bonds is 7. The van der Waals surface area contributed by atoms with Crippen molar-refractivity contribution in [1.29, 1.82) is 0 Å². The summed E-state index contributed by atoms with van der Waals surface area (Å²) in [5, 5.41) is 11.7. The summed E-state index contributed by atoms with van der Waals surface area (Å²) in [6.45, 7) is 11.4. The van der Waals surface area contributed by atoms with Gasteiger partial charge in [-0.1, -0.05) is 26.1 Å². The summed E-state index contributed by atoms with van der Waals surface area (Å²) in [6.07, 6.45) is 0. The van der Waals surface area contributed by atoms with E-state index in [4.69, 9.17) is 22.7 Å². The van der Waals surface area contributed by atoms with E-state index in [1.807, 2.05) is 20.8 Å². The van der Waals surface area contributed by atoms with Crippen LogP contribution in [0.15, 0.2) is 0 Å². The highest BCUT2D eigenvalue weighted by Crippen LogP contribution is 2.20. The first-order valence-corrected chi connectivity index (χ1v) is 7.27. The van der Waals surface area contributed by atoms with Gasteiger partial charge in [0, 0.05) is 6.61 Å². The Hall–Kier alpha value is -1.27. The summed E-state index contributed by atoms with van der Waals surface area (Å²) in [5.74, 6) is 1.03. The maximum absolute atomic E-state index is 5.83. The van der Waals surface area contributed by atoms with E-state index in [-0.39, 0.29) is 6.04 Å². The van der Waals surface area contributed by atoms with Crippen LogP contribution < -0.4 is 11.1 Å². The van der Waals surface area contributed by atoms with Crippen molar-refractivity contribution >= 4 is 23.0 Å². The van der Waals surface area contributed by atoms with Gasteiger partial charge in [0.05, 0.1) is 23.9 Å². The molecule has 0 bridgehead atoms. The Morgan fingerprint density at radius 3 is 2.50 bits per heavy atom. The number of aryl methyl sites for hydroxylation is 1. The molecule has 0 radical (unpaired) electrons. The smallest absolute Gasteiger partial charge is 0.159 e. The monoisotopic (exact) mass is 296 g/mol. The normalized spacial score (nSPS) is 12.5. The highest BCUT2D eigenvalue weighted by molar-refractivity contribution is 7.80. The SMILES string of the molecule is CCOCC(Nc1nnc(C)c(C)c1C(N)=S)C(C)C. The van der Waals surface area contributed by atoms with Crippen molar-refractivity contribution in [3.63, 3.8) is 0 Å². The van der Waals surface area contributed by atoms with Gasteiger partial charge in [-0.3, -0.25) is 0 Å². The first kappa shape index (κ1) is 16.8. The molecule has 0 amide bonds. The largest absolute Gasteiger partial charge is 0.389 e. The molecule has 112 valence electrons. The van der Waals surface area contributed by atoms with Gasteiger partial charge in [-0.2, -0.15) is 5.10 Å². The molecule has 0 saturated carbocycles. The number of nitrogens with zero attached hydrogens (tertiary/aromatic N) is 2. The average Bonchev–Trinajstić information content (AvgIpc) is 2.37. The number of ether oxygens (including phenoxy) is 1. The second-order valence-corrected chi connectivity index (χ2v) is 5.59. The molecule has 0 aromatic carbocycles. The zero-order valence-electron chi connectivity index (χ0n) is 12.9. The zero-order chi connectivity index (χ0) is 15.3. The van der Waals surface area contributed by atoms with E-state index in [0.29, 0.717) is 29.9 Å². The summed E-state index contributed by atoms with van der Waals surface area (Å²) in [6, 6.07) is 0.138. The standard InChI is InChI=1S/C14H24N4OS/c1-6-19-7-11(8(2)3)16-14-12(13(15)20)9(4)10(5)17-18-14/h8,11H,6-7H2,1-5H3,(H2,15,20)(H,16,18). The van der Waals surface area contributed by atoms with Gasteiger partial charge >= 0.3 is 0 Å². The molecule has 0 aliphatic heterocycles. The van der Waals surface area contributed by atoms with Crippen molar-refractivity contribution in [3.8, 4) is 0 Å². The van der Waals surface area contributed by atoms with Crippen molar-refractivity contribution < 1.29 is 4.74 Å². The summed E-state index contributed by atoms with van der Waals surface area (Å²) in [4.78, 5) is 0.335. The van der Waals surface area contributed by atoms with Crippen LogP contribution in [-0.4, -0.2) is 34.4 Å². The van der Waals surface area contributed by atoms with Crippen LogP contribution in [-0.2, 0) is 4.74 Å². The van der Waals surface area contributed by atoms with E-state index in [0.717, 1.165) is 16.8 Å². The number of anilines is 1. The van der Waals surface area contributed by atoms with Gasteiger partial charge in [-0.25, -0.2) is 0 Å². The molecule has 1 aromatic rings. The molecule has 0 aliphatic rings. The average molecular weight is 296 g/mol. The molecule has 0 aliphatic carbocycles. The molecule has 1 rings (SSSR count). The second kappa shape index (κ2) is 7.50. The van der Waals surface area contributed by atoms with Crippen LogP contribution in [0.25, 0.3) is 0 Å². The molecule has 1 aromatic heterocycles. The zero-order valence-corrected chi connectivity index (χ0v) is 13.7. The Morgan fingerprint density at radius 2 is 2.00 bits per heavy atom. The van der Waals surface area contributed by atoms with Gasteiger partial charge in [0.2, 0.25) is 0 Å². The van der Waals surface area contributed by atoms with E-state index in [2.05, 4.69) is 29.4 Å². The summed E-state index contributed by atoms with van der Waals surface area (Å²) in [5.41, 5.74) is 8.41. The van der Waals surface area contributed by atoms with Crippen molar-refractivity contribution in [2.45, 2.75) is 40.7 Å². The lowest BCUT2D eigenvalue weighted by Gasteiger charge is -2.24. The molecule has 1 heterocycles. The lowest BCUT2D eigenvalue weighted by Crippen LogP contribution is -2.33. The van der Waals surface area contributed by atoms with Crippen LogP contribution in [0.1, 0.15) is 37.6 Å². The second-order valence-electron chi connectivity index (χ2n) is 5.15. The molecule has 0 fully saturated rings. The number of nitrogens with two attached hydrogens (primary N) is 1. The molecule has 3 N–H and O–H groups in total. The minimum absolute atomic E-state index is 0.138. The van der Waals surface area contributed by atoms with Crippen molar-refractivity contribution in [2.75, 3.05) is 18.5 Å². The molecular weight excluding hydrogens is 272 g/mol. The van der Waals surface area contributed by atoms with Crippen molar-refractivity contribution in [3.05, 3.63) is 16.8 Å². The van der Waals surface area contributed by atoms with E-state index in [1.165, 1.54) is 0 Å². The first-order valence-electron chi connectivity index (χ1n) is 6.86. The molecule has 1 atom stereocenters. The summed E-state index contributed by atoms with van der Waals surface area (Å²) in [7, 11) is 0. The topological polar surface area (TPSA) is 73.1 Å². The van der Waals surface area contributed by atoms with E-state index >= 15 is 0 Å². The maximum Gasteiger partial charge on any atom is 0.159 e. The van der Waals surface area contributed by atoms with Crippen LogP contribution in [0.2, 0.25) is 0 Å². The van der Waals surface area contributed by atoms with Crippen LogP contribution in [0.5, 0.6) is 0 Å². The minimum atomic E-state index is 0.138. The minimum Gasteiger partial charge on any atom is -0.389 e. The van der Waals surface area contributed by atoms with E-state index in [1.54, 1.807) is 0 Å². The first-order chi connectivity index (χ1) is 9.38. The fourth-order valence-electron chi connectivity index (χ4n) is 1.83. The molecule has 1 unspecified atom stereocenters. The molecule has 20 heavy (non-hydrogen) atoms. The van der Waals surface area contributed by atoms with E-state index in [9.17, 15) is 0 Å². The quantitative estimate of drug-likeness (QED) is 0.752. The van der Waals surface area contributed by atoms with Crippen LogP contribution in [0, 0.1) is 19.8 Å². The Balaban J connectivity index is 3.06. The van der Waals surface area contributed by atoms with Gasteiger partial charge in [0.25, 0.3) is 0 Å². The molecule has 0 spiro atoms. The highest BCUT2D eigenvalue weighted by Gasteiger charge is 2.19. The lowest BCUT2D eigenvalue weighted by atomic mass is 10.0. The molecular formula is C14H24N4OS. The Labute approximate surface area is 126 Å². The number of aromatic nitrogens is 2. The molecule has 6 heteroatoms. The van der Waals surface area contributed by atoms with Gasteiger partial charge < -0.3 is 15.8 Å². The van der Waals surface area contributed by atoms with Gasteiger partial charge in [0.1, 0.15) is 4.99 Å². The van der Waals surface area contributed by atoms with Crippen LogP contribution >= 0.6 is 12.2 Å². The number of thiocarbonyl (C=S) groups is 1. The predicted molar refractivity (Wildman–Crippen MR) is 86.1 cm³/mol. The van der Waals surface area contributed by atoms with E-state index < -0.39 is 0 Å². The Morgan fingerprint density at radius 1 is 1.35 bits per heavy atom. The van der Waals surface area contributed by atoms with Gasteiger partial charge in [0.15, 0.2) is 5.82 Å². The van der Waals surface area contributed by atoms with Gasteiger partial charge in [-0.15, -0.1) is 5.10 Å². The molecule has 5 nitrogen and oxygen atoms in total. The van der Waals surface area contributed by atoms with Crippen LogP contribution in [0.3, 0.4) is 0 Å². The number of hydrogen-bond donors (Lipinski definition) is 2. The Bertz CT molecular complexity index is 476. The molecule has 0 saturated heterocycles. The fourth-order valence-corrected chi connectivity index (χ4v) is 2.08. The van der Waals surface area contributed by atoms with Crippen molar-refractivity contribution in [1.82, 2.24) is 10.2 Å².